The van der Waals surface area contributed by atoms with Crippen molar-refractivity contribution in [2.75, 3.05) is 0 Å². The number of ether oxygens (including phenoxy) is 1. The molecule has 0 radical (unpaired) electrons. The van der Waals surface area contributed by atoms with Crippen LogP contribution >= 0.6 is 11.3 Å². The minimum atomic E-state index is -1.37. The molecule has 1 aromatic heterocycles. The molecular weight excluding hydrogens is 336 g/mol. The van der Waals surface area contributed by atoms with Gasteiger partial charge in [0.2, 0.25) is 5.06 Å². The van der Waals surface area contributed by atoms with Gasteiger partial charge in [-0.2, -0.15) is 5.26 Å². The number of carbonyl (C=O) groups is 1. The van der Waals surface area contributed by atoms with Crippen LogP contribution in [0.5, 0.6) is 5.06 Å². The third-order valence-electron chi connectivity index (χ3n) is 3.65. The SMILES string of the molecule is Cc1cccc(-c2ccc(-c3nc(C)c(OC(=O)O)s3)cc2C#N)c1. The topological polar surface area (TPSA) is 83.2 Å². The van der Waals surface area contributed by atoms with Gasteiger partial charge < -0.3 is 9.84 Å². The zero-order valence-electron chi connectivity index (χ0n) is 13.6. The summed E-state index contributed by atoms with van der Waals surface area (Å²) >= 11 is 1.14. The number of benzene rings is 2. The molecule has 124 valence electrons. The number of hydrogen-bond acceptors (Lipinski definition) is 5. The summed E-state index contributed by atoms with van der Waals surface area (Å²) in [6, 6.07) is 15.7. The van der Waals surface area contributed by atoms with Gasteiger partial charge in [-0.1, -0.05) is 53.3 Å². The van der Waals surface area contributed by atoms with E-state index in [9.17, 15) is 10.1 Å². The number of aromatic nitrogens is 1. The first kappa shape index (κ1) is 16.7. The molecular formula is C19H14N2O3S. The van der Waals surface area contributed by atoms with Crippen molar-refractivity contribution in [1.29, 1.82) is 5.26 Å². The molecule has 3 aromatic rings. The molecule has 0 saturated carbocycles. The fourth-order valence-corrected chi connectivity index (χ4v) is 3.42. The Kier molecular flexibility index (Phi) is 4.50. The predicted molar refractivity (Wildman–Crippen MR) is 95.8 cm³/mol. The van der Waals surface area contributed by atoms with E-state index in [-0.39, 0.29) is 5.06 Å². The Balaban J connectivity index is 2.03. The molecule has 5 nitrogen and oxygen atoms in total. The second kappa shape index (κ2) is 6.75. The van der Waals surface area contributed by atoms with Crippen molar-refractivity contribution < 1.29 is 14.6 Å². The van der Waals surface area contributed by atoms with Gasteiger partial charge in [0.1, 0.15) is 5.01 Å². The number of nitriles is 1. The van der Waals surface area contributed by atoms with E-state index >= 15 is 0 Å². The van der Waals surface area contributed by atoms with Gasteiger partial charge in [-0.05, 0) is 31.0 Å². The normalized spacial score (nSPS) is 10.3. The Morgan fingerprint density at radius 1 is 1.20 bits per heavy atom. The van der Waals surface area contributed by atoms with E-state index in [2.05, 4.69) is 11.1 Å². The molecule has 0 spiro atoms. The first-order valence-corrected chi connectivity index (χ1v) is 8.29. The maximum absolute atomic E-state index is 10.7. The summed E-state index contributed by atoms with van der Waals surface area (Å²) in [5.41, 5.74) is 4.75. The highest BCUT2D eigenvalue weighted by molar-refractivity contribution is 7.17. The largest absolute Gasteiger partial charge is 0.512 e. The molecule has 0 aliphatic rings. The van der Waals surface area contributed by atoms with Gasteiger partial charge in [0.25, 0.3) is 0 Å². The van der Waals surface area contributed by atoms with E-state index in [0.717, 1.165) is 33.6 Å². The molecule has 0 saturated heterocycles. The van der Waals surface area contributed by atoms with Crippen molar-refractivity contribution in [3.8, 4) is 32.8 Å². The predicted octanol–water partition coefficient (Wildman–Crippen LogP) is 5.02. The number of thiazole rings is 1. The number of hydrogen-bond donors (Lipinski definition) is 1. The second-order valence-electron chi connectivity index (χ2n) is 5.50. The molecule has 0 unspecified atom stereocenters. The lowest BCUT2D eigenvalue weighted by molar-refractivity contribution is 0.145. The lowest BCUT2D eigenvalue weighted by atomic mass is 9.97. The Morgan fingerprint density at radius 3 is 2.68 bits per heavy atom. The van der Waals surface area contributed by atoms with E-state index < -0.39 is 6.16 Å². The Labute approximate surface area is 148 Å². The van der Waals surface area contributed by atoms with Crippen LogP contribution in [0.4, 0.5) is 4.79 Å². The third kappa shape index (κ3) is 3.52. The van der Waals surface area contributed by atoms with Crippen molar-refractivity contribution >= 4 is 17.5 Å². The molecule has 0 amide bonds. The van der Waals surface area contributed by atoms with Gasteiger partial charge >= 0.3 is 6.16 Å². The molecule has 3 rings (SSSR count). The molecule has 1 heterocycles. The van der Waals surface area contributed by atoms with Crippen LogP contribution in [0.15, 0.2) is 42.5 Å². The Bertz CT molecular complexity index is 1000. The van der Waals surface area contributed by atoms with Gasteiger partial charge in [-0.15, -0.1) is 0 Å². The maximum atomic E-state index is 10.7. The molecule has 25 heavy (non-hydrogen) atoms. The summed E-state index contributed by atoms with van der Waals surface area (Å²) in [5.74, 6) is 0. The number of carboxylic acid groups (broad SMARTS) is 1. The first-order chi connectivity index (χ1) is 12.0. The van der Waals surface area contributed by atoms with Crippen LogP contribution in [0.3, 0.4) is 0 Å². The van der Waals surface area contributed by atoms with E-state index in [1.165, 1.54) is 0 Å². The van der Waals surface area contributed by atoms with Gasteiger partial charge in [0.15, 0.2) is 0 Å². The summed E-state index contributed by atoms with van der Waals surface area (Å²) in [7, 11) is 0. The third-order valence-corrected chi connectivity index (χ3v) is 4.73. The molecule has 6 heteroatoms. The van der Waals surface area contributed by atoms with Gasteiger partial charge in [0, 0.05) is 5.56 Å². The molecule has 0 fully saturated rings. The van der Waals surface area contributed by atoms with Gasteiger partial charge in [-0.25, -0.2) is 9.78 Å². The molecule has 0 atom stereocenters. The van der Waals surface area contributed by atoms with Gasteiger partial charge in [-0.3, -0.25) is 0 Å². The lowest BCUT2D eigenvalue weighted by Crippen LogP contribution is -2.02. The van der Waals surface area contributed by atoms with Crippen molar-refractivity contribution in [3.05, 3.63) is 59.3 Å². The van der Waals surface area contributed by atoms with E-state index in [0.29, 0.717) is 16.3 Å². The van der Waals surface area contributed by atoms with Gasteiger partial charge in [0.05, 0.1) is 17.3 Å². The van der Waals surface area contributed by atoms with Crippen molar-refractivity contribution in [1.82, 2.24) is 4.98 Å². The van der Waals surface area contributed by atoms with Crippen LogP contribution in [0.1, 0.15) is 16.8 Å². The molecule has 1 N–H and O–H groups in total. The highest BCUT2D eigenvalue weighted by atomic mass is 32.1. The number of aryl methyl sites for hydroxylation is 2. The molecule has 2 aromatic carbocycles. The Hall–Kier alpha value is -3.17. The summed E-state index contributed by atoms with van der Waals surface area (Å²) in [6.07, 6.45) is -1.37. The molecule has 0 aliphatic carbocycles. The average molecular weight is 350 g/mol. The second-order valence-corrected chi connectivity index (χ2v) is 6.46. The molecule has 0 aliphatic heterocycles. The fourth-order valence-electron chi connectivity index (χ4n) is 2.51. The van der Waals surface area contributed by atoms with Crippen LogP contribution in [0, 0.1) is 25.2 Å². The van der Waals surface area contributed by atoms with E-state index in [1.54, 1.807) is 13.0 Å². The van der Waals surface area contributed by atoms with Crippen molar-refractivity contribution in [2.45, 2.75) is 13.8 Å². The molecule has 0 bridgehead atoms. The van der Waals surface area contributed by atoms with Crippen LogP contribution in [-0.2, 0) is 0 Å². The zero-order valence-corrected chi connectivity index (χ0v) is 14.4. The van der Waals surface area contributed by atoms with E-state index in [1.807, 2.05) is 43.3 Å². The van der Waals surface area contributed by atoms with Crippen LogP contribution < -0.4 is 4.74 Å². The van der Waals surface area contributed by atoms with Crippen LogP contribution in [0.25, 0.3) is 21.7 Å². The summed E-state index contributed by atoms with van der Waals surface area (Å²) in [4.78, 5) is 15.1. The highest BCUT2D eigenvalue weighted by Gasteiger charge is 2.15. The van der Waals surface area contributed by atoms with Crippen molar-refractivity contribution in [3.63, 3.8) is 0 Å². The fraction of sp³-hybridized carbons (Fsp3) is 0.105. The van der Waals surface area contributed by atoms with E-state index in [4.69, 9.17) is 9.84 Å². The zero-order chi connectivity index (χ0) is 18.0. The minimum Gasteiger partial charge on any atom is -0.449 e. The monoisotopic (exact) mass is 350 g/mol. The number of nitrogens with zero attached hydrogens (tertiary/aromatic N) is 2. The minimum absolute atomic E-state index is 0.240. The number of rotatable bonds is 3. The smallest absolute Gasteiger partial charge is 0.449 e. The first-order valence-electron chi connectivity index (χ1n) is 7.47. The summed E-state index contributed by atoms with van der Waals surface area (Å²) < 4.78 is 4.72. The van der Waals surface area contributed by atoms with Crippen molar-refractivity contribution in [2.24, 2.45) is 0 Å². The average Bonchev–Trinajstić information content (AvgIpc) is 2.94. The Morgan fingerprint density at radius 2 is 2.00 bits per heavy atom. The summed E-state index contributed by atoms with van der Waals surface area (Å²) in [6.45, 7) is 3.69. The van der Waals surface area contributed by atoms with Crippen LogP contribution in [0.2, 0.25) is 0 Å². The quantitative estimate of drug-likeness (QED) is 0.670. The van der Waals surface area contributed by atoms with Crippen LogP contribution in [-0.4, -0.2) is 16.2 Å². The standard InChI is InChI=1S/C19H14N2O3S/c1-11-4-3-5-13(8-11)16-7-6-14(9-15(16)10-20)17-21-12(2)18(25-17)24-19(22)23/h3-9H,1-2H3,(H,22,23). The maximum Gasteiger partial charge on any atom is 0.512 e. The lowest BCUT2D eigenvalue weighted by Gasteiger charge is -2.07. The highest BCUT2D eigenvalue weighted by Crippen LogP contribution is 2.36. The summed E-state index contributed by atoms with van der Waals surface area (Å²) in [5, 5.41) is 19.1.